The highest BCUT2D eigenvalue weighted by Gasteiger charge is 2.31. The van der Waals surface area contributed by atoms with E-state index >= 15 is 0 Å². The normalized spacial score (nSPS) is 36.5. The van der Waals surface area contributed by atoms with Crippen molar-refractivity contribution in [3.63, 3.8) is 0 Å². The molecule has 0 spiro atoms. The number of hydrogen-bond donors (Lipinski definition) is 1. The summed E-state index contributed by atoms with van der Waals surface area (Å²) in [4.78, 5) is 0. The van der Waals surface area contributed by atoms with E-state index in [1.54, 1.807) is 0 Å². The van der Waals surface area contributed by atoms with E-state index in [-0.39, 0.29) is 0 Å². The lowest BCUT2D eigenvalue weighted by Gasteiger charge is -2.19. The van der Waals surface area contributed by atoms with Crippen molar-refractivity contribution in [2.75, 3.05) is 0 Å². The molecule has 3 atom stereocenters. The topological polar surface area (TPSA) is 12.0 Å². The van der Waals surface area contributed by atoms with Gasteiger partial charge in [0, 0.05) is 12.1 Å². The monoisotopic (exact) mass is 181 g/mol. The molecule has 0 aromatic rings. The highest BCUT2D eigenvalue weighted by Crippen LogP contribution is 2.34. The zero-order valence-electron chi connectivity index (χ0n) is 9.05. The third kappa shape index (κ3) is 2.46. The van der Waals surface area contributed by atoms with Crippen LogP contribution in [-0.2, 0) is 0 Å². The lowest BCUT2D eigenvalue weighted by atomic mass is 10.1. The van der Waals surface area contributed by atoms with E-state index in [0.29, 0.717) is 0 Å². The first kappa shape index (κ1) is 9.51. The second kappa shape index (κ2) is 4.00. The minimum Gasteiger partial charge on any atom is -0.311 e. The van der Waals surface area contributed by atoms with Crippen LogP contribution in [0.4, 0.5) is 0 Å². The molecule has 0 amide bonds. The quantitative estimate of drug-likeness (QED) is 0.703. The maximum atomic E-state index is 3.81. The lowest BCUT2D eigenvalue weighted by Crippen LogP contribution is -2.36. The van der Waals surface area contributed by atoms with Crippen LogP contribution in [0.1, 0.15) is 52.4 Å². The molecular weight excluding hydrogens is 158 g/mol. The molecule has 0 saturated heterocycles. The summed E-state index contributed by atoms with van der Waals surface area (Å²) >= 11 is 0. The Labute approximate surface area is 82.3 Å². The molecule has 1 nitrogen and oxygen atoms in total. The second-order valence-corrected chi connectivity index (χ2v) is 5.08. The fourth-order valence-corrected chi connectivity index (χ4v) is 2.70. The molecular formula is C12H23N. The van der Waals surface area contributed by atoms with Gasteiger partial charge in [0.25, 0.3) is 0 Å². The van der Waals surface area contributed by atoms with Gasteiger partial charge in [-0.2, -0.15) is 0 Å². The van der Waals surface area contributed by atoms with Crippen LogP contribution >= 0.6 is 0 Å². The highest BCUT2D eigenvalue weighted by atomic mass is 15.0. The van der Waals surface area contributed by atoms with Gasteiger partial charge in [0.05, 0.1) is 0 Å². The van der Waals surface area contributed by atoms with Crippen LogP contribution in [0.5, 0.6) is 0 Å². The number of hydrogen-bond acceptors (Lipinski definition) is 1. The standard InChI is InChI=1S/C12H23N/c1-3-10-4-7-12(8-10)13-9(2)11-5-6-11/h9-13H,3-8H2,1-2H3. The summed E-state index contributed by atoms with van der Waals surface area (Å²) in [5.74, 6) is 2.03. The summed E-state index contributed by atoms with van der Waals surface area (Å²) < 4.78 is 0. The van der Waals surface area contributed by atoms with Gasteiger partial charge in [-0.3, -0.25) is 0 Å². The Morgan fingerprint density at radius 1 is 1.23 bits per heavy atom. The van der Waals surface area contributed by atoms with Crippen molar-refractivity contribution in [3.05, 3.63) is 0 Å². The summed E-state index contributed by atoms with van der Waals surface area (Å²) in [7, 11) is 0. The van der Waals surface area contributed by atoms with E-state index in [1.807, 2.05) is 0 Å². The maximum Gasteiger partial charge on any atom is 0.00723 e. The fraction of sp³-hybridized carbons (Fsp3) is 1.00. The van der Waals surface area contributed by atoms with Gasteiger partial charge in [-0.25, -0.2) is 0 Å². The Bertz CT molecular complexity index is 163. The van der Waals surface area contributed by atoms with Gasteiger partial charge in [-0.15, -0.1) is 0 Å². The van der Waals surface area contributed by atoms with Crippen LogP contribution in [0.2, 0.25) is 0 Å². The lowest BCUT2D eigenvalue weighted by molar-refractivity contribution is 0.405. The van der Waals surface area contributed by atoms with Gasteiger partial charge < -0.3 is 5.32 Å². The van der Waals surface area contributed by atoms with Crippen LogP contribution in [-0.4, -0.2) is 12.1 Å². The van der Waals surface area contributed by atoms with Gasteiger partial charge in [0.15, 0.2) is 0 Å². The summed E-state index contributed by atoms with van der Waals surface area (Å²) in [5.41, 5.74) is 0. The Hall–Kier alpha value is -0.0400. The minimum absolute atomic E-state index is 0.792. The predicted molar refractivity (Wildman–Crippen MR) is 56.7 cm³/mol. The van der Waals surface area contributed by atoms with Crippen LogP contribution < -0.4 is 5.32 Å². The average molecular weight is 181 g/mol. The van der Waals surface area contributed by atoms with Crippen molar-refractivity contribution in [3.8, 4) is 0 Å². The smallest absolute Gasteiger partial charge is 0.00723 e. The molecule has 0 bridgehead atoms. The van der Waals surface area contributed by atoms with E-state index in [2.05, 4.69) is 19.2 Å². The minimum atomic E-state index is 0.792. The van der Waals surface area contributed by atoms with Crippen molar-refractivity contribution in [2.45, 2.75) is 64.5 Å². The van der Waals surface area contributed by atoms with Crippen LogP contribution in [0.15, 0.2) is 0 Å². The largest absolute Gasteiger partial charge is 0.311 e. The summed E-state index contributed by atoms with van der Waals surface area (Å²) in [6, 6.07) is 1.64. The second-order valence-electron chi connectivity index (χ2n) is 5.08. The van der Waals surface area contributed by atoms with Crippen molar-refractivity contribution < 1.29 is 0 Å². The van der Waals surface area contributed by atoms with Gasteiger partial charge in [0.2, 0.25) is 0 Å². The van der Waals surface area contributed by atoms with Gasteiger partial charge in [-0.05, 0) is 50.9 Å². The van der Waals surface area contributed by atoms with Crippen LogP contribution in [0.3, 0.4) is 0 Å². The number of nitrogens with one attached hydrogen (secondary N) is 1. The fourth-order valence-electron chi connectivity index (χ4n) is 2.70. The maximum absolute atomic E-state index is 3.81. The molecule has 0 radical (unpaired) electrons. The van der Waals surface area contributed by atoms with Crippen molar-refractivity contribution in [1.82, 2.24) is 5.32 Å². The van der Waals surface area contributed by atoms with E-state index in [4.69, 9.17) is 0 Å². The molecule has 13 heavy (non-hydrogen) atoms. The Balaban J connectivity index is 1.70. The zero-order valence-corrected chi connectivity index (χ0v) is 9.05. The van der Waals surface area contributed by atoms with Crippen molar-refractivity contribution in [1.29, 1.82) is 0 Å². The van der Waals surface area contributed by atoms with Crippen LogP contribution in [0, 0.1) is 11.8 Å². The third-order valence-electron chi connectivity index (χ3n) is 3.95. The summed E-state index contributed by atoms with van der Waals surface area (Å²) in [6.45, 7) is 4.70. The SMILES string of the molecule is CCC1CCC(NC(C)C2CC2)C1. The first-order valence-corrected chi connectivity index (χ1v) is 6.05. The summed E-state index contributed by atoms with van der Waals surface area (Å²) in [6.07, 6.45) is 8.65. The summed E-state index contributed by atoms with van der Waals surface area (Å²) in [5, 5.41) is 3.81. The zero-order chi connectivity index (χ0) is 9.26. The Morgan fingerprint density at radius 3 is 2.54 bits per heavy atom. The van der Waals surface area contributed by atoms with Crippen LogP contribution in [0.25, 0.3) is 0 Å². The van der Waals surface area contributed by atoms with Crippen molar-refractivity contribution >= 4 is 0 Å². The van der Waals surface area contributed by atoms with Crippen molar-refractivity contribution in [2.24, 2.45) is 11.8 Å². The molecule has 2 aliphatic rings. The molecule has 0 heterocycles. The molecule has 1 heteroatoms. The molecule has 0 aromatic heterocycles. The molecule has 1 N–H and O–H groups in total. The van der Waals surface area contributed by atoms with E-state index < -0.39 is 0 Å². The molecule has 0 aliphatic heterocycles. The van der Waals surface area contributed by atoms with Gasteiger partial charge >= 0.3 is 0 Å². The van der Waals surface area contributed by atoms with Gasteiger partial charge in [-0.1, -0.05) is 13.3 Å². The Morgan fingerprint density at radius 2 is 2.00 bits per heavy atom. The van der Waals surface area contributed by atoms with Gasteiger partial charge in [0.1, 0.15) is 0 Å². The average Bonchev–Trinajstić information content (AvgIpc) is 2.88. The molecule has 3 unspecified atom stereocenters. The molecule has 2 saturated carbocycles. The third-order valence-corrected chi connectivity index (χ3v) is 3.95. The number of rotatable bonds is 4. The molecule has 0 aromatic carbocycles. The predicted octanol–water partition coefficient (Wildman–Crippen LogP) is 2.95. The van der Waals surface area contributed by atoms with E-state index in [1.165, 1.54) is 38.5 Å². The molecule has 2 fully saturated rings. The van der Waals surface area contributed by atoms with E-state index in [0.717, 1.165) is 23.9 Å². The highest BCUT2D eigenvalue weighted by molar-refractivity contribution is 4.88. The first-order chi connectivity index (χ1) is 6.29. The molecule has 2 rings (SSSR count). The van der Waals surface area contributed by atoms with E-state index in [9.17, 15) is 0 Å². The molecule has 2 aliphatic carbocycles. The Kier molecular flexibility index (Phi) is 2.92. The molecule has 76 valence electrons. The first-order valence-electron chi connectivity index (χ1n) is 6.05.